The van der Waals surface area contributed by atoms with E-state index < -0.39 is 23.5 Å². The number of benzene rings is 2. The van der Waals surface area contributed by atoms with Crippen molar-refractivity contribution in [2.24, 2.45) is 5.41 Å². The molecule has 1 atom stereocenters. The summed E-state index contributed by atoms with van der Waals surface area (Å²) in [7, 11) is 0. The minimum atomic E-state index is -3.07. The molecule has 0 heterocycles. The van der Waals surface area contributed by atoms with Gasteiger partial charge in [0.15, 0.2) is 11.2 Å². The van der Waals surface area contributed by atoms with Crippen molar-refractivity contribution in [2.75, 3.05) is 5.32 Å². The molecule has 2 aromatic rings. The van der Waals surface area contributed by atoms with Crippen LogP contribution in [0.3, 0.4) is 0 Å². The van der Waals surface area contributed by atoms with Gasteiger partial charge >= 0.3 is 0 Å². The first-order chi connectivity index (χ1) is 10.6. The molecule has 22 heavy (non-hydrogen) atoms. The molecule has 1 unspecified atom stereocenters. The van der Waals surface area contributed by atoms with E-state index in [1.807, 2.05) is 0 Å². The van der Waals surface area contributed by atoms with Gasteiger partial charge in [-0.05, 0) is 17.7 Å². The van der Waals surface area contributed by atoms with Gasteiger partial charge in [0.05, 0.1) is 0 Å². The van der Waals surface area contributed by atoms with Crippen molar-refractivity contribution >= 4 is 17.4 Å². The Kier molecular flexibility index (Phi) is 3.48. The van der Waals surface area contributed by atoms with E-state index in [4.69, 9.17) is 0 Å². The lowest BCUT2D eigenvalue weighted by Crippen LogP contribution is -2.47. The zero-order valence-corrected chi connectivity index (χ0v) is 11.6. The monoisotopic (exact) mass is 301 g/mol. The number of ketones is 1. The molecule has 5 heteroatoms. The molecule has 112 valence electrons. The van der Waals surface area contributed by atoms with Gasteiger partial charge in [0.25, 0.3) is 6.43 Å². The lowest BCUT2D eigenvalue weighted by Gasteiger charge is -2.25. The van der Waals surface area contributed by atoms with Crippen molar-refractivity contribution in [1.29, 1.82) is 0 Å². The van der Waals surface area contributed by atoms with Crippen LogP contribution in [0.25, 0.3) is 0 Å². The van der Waals surface area contributed by atoms with Gasteiger partial charge in [-0.1, -0.05) is 42.5 Å². The number of carbonyl (C=O) groups excluding carboxylic acids is 2. The van der Waals surface area contributed by atoms with E-state index in [1.165, 1.54) is 6.07 Å². The third kappa shape index (κ3) is 2.09. The van der Waals surface area contributed by atoms with E-state index in [-0.39, 0.29) is 12.0 Å². The molecule has 0 bridgehead atoms. The van der Waals surface area contributed by atoms with Crippen LogP contribution < -0.4 is 5.32 Å². The molecule has 2 aromatic carbocycles. The maximum Gasteiger partial charge on any atom is 0.260 e. The summed E-state index contributed by atoms with van der Waals surface area (Å²) in [6, 6.07) is 14.6. The maximum atomic E-state index is 13.7. The van der Waals surface area contributed by atoms with Crippen LogP contribution in [0.4, 0.5) is 14.5 Å². The first-order valence-corrected chi connectivity index (χ1v) is 6.83. The fourth-order valence-electron chi connectivity index (χ4n) is 2.74. The number of hydrogen-bond donors (Lipinski definition) is 1. The smallest absolute Gasteiger partial charge is 0.260 e. The summed E-state index contributed by atoms with van der Waals surface area (Å²) in [4.78, 5) is 24.9. The van der Waals surface area contributed by atoms with E-state index in [0.29, 0.717) is 11.3 Å². The second-order valence-corrected chi connectivity index (χ2v) is 5.26. The molecule has 3 rings (SSSR count). The number of para-hydroxylation sites is 1. The highest BCUT2D eigenvalue weighted by molar-refractivity contribution is 6.20. The third-order valence-corrected chi connectivity index (χ3v) is 3.95. The molecule has 0 saturated carbocycles. The number of fused-ring (bicyclic) bond motifs is 1. The van der Waals surface area contributed by atoms with Gasteiger partial charge in [0.1, 0.15) is 0 Å². The number of nitrogens with one attached hydrogen (secondary N) is 1. The van der Waals surface area contributed by atoms with Crippen LogP contribution >= 0.6 is 0 Å². The van der Waals surface area contributed by atoms with Crippen molar-refractivity contribution in [3.05, 3.63) is 65.7 Å². The topological polar surface area (TPSA) is 46.2 Å². The molecule has 1 aliphatic carbocycles. The predicted octanol–water partition coefficient (Wildman–Crippen LogP) is 3.32. The molecule has 1 amide bonds. The highest BCUT2D eigenvalue weighted by atomic mass is 19.3. The number of halogens is 2. The van der Waals surface area contributed by atoms with Crippen LogP contribution in [0.15, 0.2) is 54.6 Å². The van der Waals surface area contributed by atoms with Crippen LogP contribution in [0.1, 0.15) is 15.9 Å². The van der Waals surface area contributed by atoms with Crippen molar-refractivity contribution in [3.63, 3.8) is 0 Å². The number of Topliss-reactive ketones (excluding diaryl/α,β-unsaturated/α-hetero) is 1. The normalized spacial score (nSPS) is 20.0. The largest absolute Gasteiger partial charge is 0.325 e. The minimum Gasteiger partial charge on any atom is -0.325 e. The van der Waals surface area contributed by atoms with Gasteiger partial charge in [-0.15, -0.1) is 0 Å². The molecule has 0 aromatic heterocycles. The van der Waals surface area contributed by atoms with Crippen LogP contribution in [0, 0.1) is 5.41 Å². The average molecular weight is 301 g/mol. The standard InChI is InChI=1S/C17H13F2NO2/c18-15(19)17(16(22)20-12-7-2-1-3-8-12)10-11-6-4-5-9-13(11)14(17)21/h1-9,15H,10H2,(H,20,22). The van der Waals surface area contributed by atoms with Crippen LogP contribution in [0.5, 0.6) is 0 Å². The van der Waals surface area contributed by atoms with E-state index >= 15 is 0 Å². The lowest BCUT2D eigenvalue weighted by molar-refractivity contribution is -0.130. The molecule has 0 spiro atoms. The van der Waals surface area contributed by atoms with E-state index in [1.54, 1.807) is 48.5 Å². The SMILES string of the molecule is O=C(Nc1ccccc1)C1(C(F)F)Cc2ccccc2C1=O. The van der Waals surface area contributed by atoms with Gasteiger partial charge < -0.3 is 5.32 Å². The second kappa shape index (κ2) is 5.33. The van der Waals surface area contributed by atoms with Crippen molar-refractivity contribution in [3.8, 4) is 0 Å². The lowest BCUT2D eigenvalue weighted by atomic mass is 9.83. The summed E-state index contributed by atoms with van der Waals surface area (Å²) >= 11 is 0. The Labute approximate surface area is 126 Å². The number of amides is 1. The molecular weight excluding hydrogens is 288 g/mol. The first kappa shape index (κ1) is 14.4. The van der Waals surface area contributed by atoms with Crippen LogP contribution in [-0.4, -0.2) is 18.1 Å². The summed E-state index contributed by atoms with van der Waals surface area (Å²) in [5, 5.41) is 2.43. The van der Waals surface area contributed by atoms with Crippen molar-refractivity contribution in [2.45, 2.75) is 12.8 Å². The van der Waals surface area contributed by atoms with Crippen LogP contribution in [-0.2, 0) is 11.2 Å². The Hall–Kier alpha value is -2.56. The molecule has 1 aliphatic rings. The number of anilines is 1. The van der Waals surface area contributed by atoms with Gasteiger partial charge in [0, 0.05) is 17.7 Å². The highest BCUT2D eigenvalue weighted by Crippen LogP contribution is 2.42. The Balaban J connectivity index is 1.98. The number of hydrogen-bond acceptors (Lipinski definition) is 2. The molecule has 0 fully saturated rings. The summed E-state index contributed by atoms with van der Waals surface area (Å²) in [6.07, 6.45) is -3.35. The van der Waals surface area contributed by atoms with Crippen LogP contribution in [0.2, 0.25) is 0 Å². The van der Waals surface area contributed by atoms with E-state index in [2.05, 4.69) is 5.32 Å². The summed E-state index contributed by atoms with van der Waals surface area (Å²) in [6.45, 7) is 0. The average Bonchev–Trinajstić information content (AvgIpc) is 2.83. The number of carbonyl (C=O) groups is 2. The van der Waals surface area contributed by atoms with Gasteiger partial charge in [-0.3, -0.25) is 9.59 Å². The zero-order chi connectivity index (χ0) is 15.7. The minimum absolute atomic E-state index is 0.200. The highest BCUT2D eigenvalue weighted by Gasteiger charge is 2.58. The van der Waals surface area contributed by atoms with E-state index in [0.717, 1.165) is 0 Å². The Bertz CT molecular complexity index is 730. The maximum absolute atomic E-state index is 13.7. The van der Waals surface area contributed by atoms with Gasteiger partial charge in [0.2, 0.25) is 5.91 Å². The quantitative estimate of drug-likeness (QED) is 0.884. The van der Waals surface area contributed by atoms with Crippen molar-refractivity contribution in [1.82, 2.24) is 0 Å². The zero-order valence-electron chi connectivity index (χ0n) is 11.6. The van der Waals surface area contributed by atoms with Crippen molar-refractivity contribution < 1.29 is 18.4 Å². The number of rotatable bonds is 3. The summed E-state index contributed by atoms with van der Waals surface area (Å²) in [5.41, 5.74) is -1.28. The molecule has 0 aliphatic heterocycles. The molecule has 1 N–H and O–H groups in total. The molecular formula is C17H13F2NO2. The predicted molar refractivity (Wildman–Crippen MR) is 78.0 cm³/mol. The molecule has 0 radical (unpaired) electrons. The number of alkyl halides is 2. The summed E-state index contributed by atoms with van der Waals surface area (Å²) < 4.78 is 27.4. The molecule has 3 nitrogen and oxygen atoms in total. The Morgan fingerprint density at radius 1 is 1.05 bits per heavy atom. The second-order valence-electron chi connectivity index (χ2n) is 5.26. The Morgan fingerprint density at radius 3 is 2.32 bits per heavy atom. The fourth-order valence-corrected chi connectivity index (χ4v) is 2.74. The first-order valence-electron chi connectivity index (χ1n) is 6.83. The summed E-state index contributed by atoms with van der Waals surface area (Å²) in [5.74, 6) is -1.78. The van der Waals surface area contributed by atoms with Gasteiger partial charge in [-0.2, -0.15) is 0 Å². The Morgan fingerprint density at radius 2 is 1.68 bits per heavy atom. The van der Waals surface area contributed by atoms with Gasteiger partial charge in [-0.25, -0.2) is 8.78 Å². The fraction of sp³-hybridized carbons (Fsp3) is 0.176. The molecule has 0 saturated heterocycles. The van der Waals surface area contributed by atoms with E-state index in [9.17, 15) is 18.4 Å². The third-order valence-electron chi connectivity index (χ3n) is 3.95.